The van der Waals surface area contributed by atoms with Crippen LogP contribution in [0.1, 0.15) is 12.5 Å². The van der Waals surface area contributed by atoms with Crippen molar-refractivity contribution >= 4 is 16.7 Å². The van der Waals surface area contributed by atoms with Crippen molar-refractivity contribution in [3.8, 4) is 0 Å². The molecule has 0 aliphatic rings. The minimum absolute atomic E-state index is 0.175. The number of benzene rings is 2. The molecular formula is C14H13FO2. The lowest BCUT2D eigenvalue weighted by molar-refractivity contribution is -0.142. The Bertz CT molecular complexity index is 549. The maximum absolute atomic E-state index is 13.2. The first-order valence-electron chi connectivity index (χ1n) is 5.53. The quantitative estimate of drug-likeness (QED) is 0.760. The molecule has 0 bridgehead atoms. The second-order valence-electron chi connectivity index (χ2n) is 3.76. The first kappa shape index (κ1) is 11.6. The summed E-state index contributed by atoms with van der Waals surface area (Å²) in [6.07, 6.45) is 0.175. The third-order valence-electron chi connectivity index (χ3n) is 2.57. The van der Waals surface area contributed by atoms with Gasteiger partial charge in [0.15, 0.2) is 0 Å². The molecule has 0 saturated carbocycles. The molecule has 17 heavy (non-hydrogen) atoms. The van der Waals surface area contributed by atoms with Gasteiger partial charge in [-0.1, -0.05) is 24.3 Å². The van der Waals surface area contributed by atoms with Crippen molar-refractivity contribution in [3.63, 3.8) is 0 Å². The Morgan fingerprint density at radius 3 is 2.88 bits per heavy atom. The smallest absolute Gasteiger partial charge is 0.310 e. The van der Waals surface area contributed by atoms with Crippen molar-refractivity contribution < 1.29 is 13.9 Å². The van der Waals surface area contributed by atoms with Gasteiger partial charge in [0.05, 0.1) is 13.0 Å². The predicted molar refractivity (Wildman–Crippen MR) is 64.2 cm³/mol. The second-order valence-corrected chi connectivity index (χ2v) is 3.76. The molecule has 0 atom stereocenters. The number of ether oxygens (including phenoxy) is 1. The van der Waals surface area contributed by atoms with Crippen LogP contribution in [0.4, 0.5) is 4.39 Å². The van der Waals surface area contributed by atoms with Gasteiger partial charge in [-0.15, -0.1) is 0 Å². The molecule has 0 aromatic heterocycles. The van der Waals surface area contributed by atoms with Crippen LogP contribution in [0.3, 0.4) is 0 Å². The summed E-state index contributed by atoms with van der Waals surface area (Å²) in [7, 11) is 0. The zero-order valence-corrected chi connectivity index (χ0v) is 9.57. The van der Waals surface area contributed by atoms with E-state index < -0.39 is 0 Å². The monoisotopic (exact) mass is 232 g/mol. The molecule has 0 fully saturated rings. The van der Waals surface area contributed by atoms with Gasteiger partial charge < -0.3 is 4.74 Å². The number of hydrogen-bond donors (Lipinski definition) is 0. The van der Waals surface area contributed by atoms with E-state index in [0.717, 1.165) is 16.3 Å². The Morgan fingerprint density at radius 2 is 2.12 bits per heavy atom. The normalized spacial score (nSPS) is 10.5. The SMILES string of the molecule is CCOC(=O)Cc1cccc2ccc(F)cc12. The summed E-state index contributed by atoms with van der Waals surface area (Å²) in [5.74, 6) is -0.585. The van der Waals surface area contributed by atoms with E-state index in [1.165, 1.54) is 12.1 Å². The lowest BCUT2D eigenvalue weighted by Gasteiger charge is -2.06. The summed E-state index contributed by atoms with van der Waals surface area (Å²) < 4.78 is 18.1. The van der Waals surface area contributed by atoms with Crippen molar-refractivity contribution in [2.45, 2.75) is 13.3 Å². The Balaban J connectivity index is 2.39. The number of hydrogen-bond acceptors (Lipinski definition) is 2. The Hall–Kier alpha value is -1.90. The van der Waals surface area contributed by atoms with Crippen molar-refractivity contribution in [1.82, 2.24) is 0 Å². The third kappa shape index (κ3) is 2.61. The number of fused-ring (bicyclic) bond motifs is 1. The Morgan fingerprint density at radius 1 is 1.29 bits per heavy atom. The zero-order chi connectivity index (χ0) is 12.3. The van der Waals surface area contributed by atoms with Crippen LogP contribution in [-0.2, 0) is 16.0 Å². The van der Waals surface area contributed by atoms with Gasteiger partial charge in [0, 0.05) is 0 Å². The first-order chi connectivity index (χ1) is 8.20. The zero-order valence-electron chi connectivity index (χ0n) is 9.57. The summed E-state index contributed by atoms with van der Waals surface area (Å²) in [6.45, 7) is 2.12. The predicted octanol–water partition coefficient (Wildman–Crippen LogP) is 3.08. The van der Waals surface area contributed by atoms with Crippen molar-refractivity contribution in [3.05, 3.63) is 47.8 Å². The van der Waals surface area contributed by atoms with Crippen LogP contribution in [0.25, 0.3) is 10.8 Å². The maximum atomic E-state index is 13.2. The average molecular weight is 232 g/mol. The highest BCUT2D eigenvalue weighted by atomic mass is 19.1. The van der Waals surface area contributed by atoms with Gasteiger partial charge in [0.2, 0.25) is 0 Å². The first-order valence-corrected chi connectivity index (χ1v) is 5.53. The highest BCUT2D eigenvalue weighted by Crippen LogP contribution is 2.20. The molecule has 0 heterocycles. The molecule has 3 heteroatoms. The molecule has 2 rings (SSSR count). The topological polar surface area (TPSA) is 26.3 Å². The van der Waals surface area contributed by atoms with E-state index in [1.54, 1.807) is 13.0 Å². The molecule has 2 nitrogen and oxygen atoms in total. The minimum Gasteiger partial charge on any atom is -0.466 e. The van der Waals surface area contributed by atoms with E-state index in [2.05, 4.69) is 0 Å². The minimum atomic E-state index is -0.297. The summed E-state index contributed by atoms with van der Waals surface area (Å²) in [5, 5.41) is 1.69. The van der Waals surface area contributed by atoms with Crippen LogP contribution in [0.2, 0.25) is 0 Å². The summed E-state index contributed by atoms with van der Waals surface area (Å²) in [5.41, 5.74) is 0.792. The van der Waals surface area contributed by atoms with Crippen LogP contribution >= 0.6 is 0 Å². The van der Waals surface area contributed by atoms with Crippen LogP contribution < -0.4 is 0 Å². The Kier molecular flexibility index (Phi) is 3.38. The van der Waals surface area contributed by atoms with Gasteiger partial charge in [0.1, 0.15) is 5.82 Å². The standard InChI is InChI=1S/C14H13FO2/c1-2-17-14(16)8-11-5-3-4-10-6-7-12(15)9-13(10)11/h3-7,9H,2,8H2,1H3. The van der Waals surface area contributed by atoms with Gasteiger partial charge in [-0.25, -0.2) is 4.39 Å². The van der Waals surface area contributed by atoms with Crippen molar-refractivity contribution in [2.24, 2.45) is 0 Å². The number of carbonyl (C=O) groups excluding carboxylic acids is 1. The van der Waals surface area contributed by atoms with E-state index >= 15 is 0 Å². The lowest BCUT2D eigenvalue weighted by atomic mass is 10.0. The van der Waals surface area contributed by atoms with Crippen molar-refractivity contribution in [1.29, 1.82) is 0 Å². The number of rotatable bonds is 3. The highest BCUT2D eigenvalue weighted by Gasteiger charge is 2.08. The molecule has 0 aliphatic carbocycles. The van der Waals surface area contributed by atoms with Crippen LogP contribution in [0, 0.1) is 5.82 Å². The molecule has 0 N–H and O–H groups in total. The van der Waals surface area contributed by atoms with Gasteiger partial charge >= 0.3 is 5.97 Å². The molecular weight excluding hydrogens is 219 g/mol. The fourth-order valence-corrected chi connectivity index (χ4v) is 1.83. The second kappa shape index (κ2) is 4.95. The fourth-order valence-electron chi connectivity index (χ4n) is 1.83. The van der Waals surface area contributed by atoms with E-state index in [4.69, 9.17) is 4.74 Å². The molecule has 88 valence electrons. The van der Waals surface area contributed by atoms with Gasteiger partial charge in [-0.05, 0) is 35.4 Å². The largest absolute Gasteiger partial charge is 0.466 e. The molecule has 2 aromatic carbocycles. The van der Waals surface area contributed by atoms with Crippen LogP contribution in [0.5, 0.6) is 0 Å². The highest BCUT2D eigenvalue weighted by molar-refractivity contribution is 5.89. The van der Waals surface area contributed by atoms with Gasteiger partial charge in [0.25, 0.3) is 0 Å². The Labute approximate surface area is 99.0 Å². The molecule has 0 amide bonds. The summed E-state index contributed by atoms with van der Waals surface area (Å²) in [6, 6.07) is 10.1. The number of esters is 1. The maximum Gasteiger partial charge on any atom is 0.310 e. The molecule has 0 unspecified atom stereocenters. The van der Waals surface area contributed by atoms with E-state index in [9.17, 15) is 9.18 Å². The molecule has 0 saturated heterocycles. The van der Waals surface area contributed by atoms with Crippen LogP contribution in [0.15, 0.2) is 36.4 Å². The van der Waals surface area contributed by atoms with Gasteiger partial charge in [-0.3, -0.25) is 4.79 Å². The van der Waals surface area contributed by atoms with E-state index in [0.29, 0.717) is 6.61 Å². The summed E-state index contributed by atoms with van der Waals surface area (Å²) >= 11 is 0. The lowest BCUT2D eigenvalue weighted by Crippen LogP contribution is -2.07. The van der Waals surface area contributed by atoms with E-state index in [1.807, 2.05) is 18.2 Å². The van der Waals surface area contributed by atoms with E-state index in [-0.39, 0.29) is 18.2 Å². The number of carbonyl (C=O) groups is 1. The molecule has 2 aromatic rings. The fraction of sp³-hybridized carbons (Fsp3) is 0.214. The van der Waals surface area contributed by atoms with Crippen molar-refractivity contribution in [2.75, 3.05) is 6.61 Å². The average Bonchev–Trinajstić information content (AvgIpc) is 2.30. The molecule has 0 spiro atoms. The third-order valence-corrected chi connectivity index (χ3v) is 2.57. The number of halogens is 1. The van der Waals surface area contributed by atoms with Gasteiger partial charge in [-0.2, -0.15) is 0 Å². The summed E-state index contributed by atoms with van der Waals surface area (Å²) in [4.78, 5) is 11.4. The molecule has 0 radical (unpaired) electrons. The van der Waals surface area contributed by atoms with Crippen LogP contribution in [-0.4, -0.2) is 12.6 Å². The molecule has 0 aliphatic heterocycles.